The van der Waals surface area contributed by atoms with Crippen LogP contribution in [0, 0.1) is 0 Å². The van der Waals surface area contributed by atoms with Gasteiger partial charge in [-0.05, 0) is 79.6 Å². The molecule has 3 aromatic rings. The second-order valence-electron chi connectivity index (χ2n) is 8.16. The molecule has 0 saturated heterocycles. The van der Waals surface area contributed by atoms with Crippen LogP contribution in [0.5, 0.6) is 23.0 Å². The van der Waals surface area contributed by atoms with E-state index in [4.69, 9.17) is 18.9 Å². The van der Waals surface area contributed by atoms with Gasteiger partial charge in [0.25, 0.3) is 5.91 Å². The summed E-state index contributed by atoms with van der Waals surface area (Å²) in [5.41, 5.74) is 4.19. The molecule has 0 atom stereocenters. The van der Waals surface area contributed by atoms with Crippen molar-refractivity contribution in [3.05, 3.63) is 77.9 Å². The maximum absolute atomic E-state index is 12.3. The Bertz CT molecular complexity index is 1310. The lowest BCUT2D eigenvalue weighted by Gasteiger charge is -2.13. The van der Waals surface area contributed by atoms with Gasteiger partial charge in [0.1, 0.15) is 11.5 Å². The zero-order valence-electron chi connectivity index (χ0n) is 22.6. The number of carbonyl (C=O) groups excluding carboxylic acids is 3. The van der Waals surface area contributed by atoms with Crippen molar-refractivity contribution >= 4 is 29.6 Å². The smallest absolute Gasteiger partial charge is 0.329 e. The van der Waals surface area contributed by atoms with Gasteiger partial charge in [-0.15, -0.1) is 0 Å². The standard InChI is InChI=1S/C29H32N4O7/c1-4-38-24-13-9-22(10-14-24)32-27(34)19-40-25-15-8-21(16-26(25)39-5-2)18-31-33-29(36)28(35)30-17-20-6-11-23(37-3)12-7-20/h6-16,18H,4-5,17,19H2,1-3H3,(H,30,35)(H,32,34)(H,33,36)/b31-18-. The molecule has 0 aliphatic rings. The van der Waals surface area contributed by atoms with E-state index in [2.05, 4.69) is 21.2 Å². The van der Waals surface area contributed by atoms with Crippen LogP contribution in [-0.4, -0.2) is 50.9 Å². The quantitative estimate of drug-likeness (QED) is 0.169. The van der Waals surface area contributed by atoms with Gasteiger partial charge >= 0.3 is 11.8 Å². The summed E-state index contributed by atoms with van der Waals surface area (Å²) in [6.07, 6.45) is 1.36. The van der Waals surface area contributed by atoms with Crippen molar-refractivity contribution in [1.82, 2.24) is 10.7 Å². The third kappa shape index (κ3) is 9.35. The number of benzene rings is 3. The number of anilines is 1. The monoisotopic (exact) mass is 548 g/mol. The van der Waals surface area contributed by atoms with E-state index in [0.717, 1.165) is 5.56 Å². The molecule has 210 valence electrons. The van der Waals surface area contributed by atoms with Crippen LogP contribution in [0.3, 0.4) is 0 Å². The van der Waals surface area contributed by atoms with Crippen molar-refractivity contribution in [1.29, 1.82) is 0 Å². The maximum Gasteiger partial charge on any atom is 0.329 e. The Hall–Kier alpha value is -5.06. The first-order valence-electron chi connectivity index (χ1n) is 12.6. The van der Waals surface area contributed by atoms with Gasteiger partial charge in [-0.25, -0.2) is 5.43 Å². The predicted octanol–water partition coefficient (Wildman–Crippen LogP) is 3.28. The van der Waals surface area contributed by atoms with Crippen LogP contribution < -0.4 is 35.0 Å². The van der Waals surface area contributed by atoms with Crippen LogP contribution in [-0.2, 0) is 20.9 Å². The van der Waals surface area contributed by atoms with E-state index in [1.54, 1.807) is 73.8 Å². The Kier molecular flexibility index (Phi) is 11.3. The van der Waals surface area contributed by atoms with Crippen LogP contribution in [0.2, 0.25) is 0 Å². The van der Waals surface area contributed by atoms with E-state index in [-0.39, 0.29) is 19.1 Å². The Balaban J connectivity index is 1.49. The predicted molar refractivity (Wildman–Crippen MR) is 150 cm³/mol. The fourth-order valence-electron chi connectivity index (χ4n) is 3.36. The Labute approximate surface area is 232 Å². The van der Waals surface area contributed by atoms with Gasteiger partial charge in [0.2, 0.25) is 0 Å². The molecule has 0 aliphatic carbocycles. The summed E-state index contributed by atoms with van der Waals surface area (Å²) in [5.74, 6) is 0.0921. The Morgan fingerprint density at radius 2 is 1.50 bits per heavy atom. The van der Waals surface area contributed by atoms with E-state index in [1.807, 2.05) is 13.8 Å². The third-order valence-corrected chi connectivity index (χ3v) is 5.27. The van der Waals surface area contributed by atoms with Gasteiger partial charge in [0, 0.05) is 12.2 Å². The van der Waals surface area contributed by atoms with Crippen molar-refractivity contribution in [2.24, 2.45) is 5.10 Å². The van der Waals surface area contributed by atoms with Crippen LogP contribution in [0.4, 0.5) is 5.69 Å². The minimum Gasteiger partial charge on any atom is -0.497 e. The summed E-state index contributed by atoms with van der Waals surface area (Å²) >= 11 is 0. The first kappa shape index (κ1) is 29.5. The first-order chi connectivity index (χ1) is 19.4. The number of amides is 3. The van der Waals surface area contributed by atoms with E-state index >= 15 is 0 Å². The number of nitrogens with one attached hydrogen (secondary N) is 3. The normalized spacial score (nSPS) is 10.5. The van der Waals surface area contributed by atoms with Crippen LogP contribution in [0.25, 0.3) is 0 Å². The molecular formula is C29H32N4O7. The van der Waals surface area contributed by atoms with Gasteiger partial charge in [-0.1, -0.05) is 12.1 Å². The highest BCUT2D eigenvalue weighted by Crippen LogP contribution is 2.28. The van der Waals surface area contributed by atoms with Crippen molar-refractivity contribution in [2.75, 3.05) is 32.2 Å². The number of carbonyl (C=O) groups is 3. The number of hydrogen-bond acceptors (Lipinski definition) is 8. The summed E-state index contributed by atoms with van der Waals surface area (Å²) in [6, 6.07) is 19.0. The maximum atomic E-state index is 12.3. The third-order valence-electron chi connectivity index (χ3n) is 5.27. The summed E-state index contributed by atoms with van der Waals surface area (Å²) < 4.78 is 21.8. The summed E-state index contributed by atoms with van der Waals surface area (Å²) in [4.78, 5) is 36.5. The van der Waals surface area contributed by atoms with Crippen LogP contribution in [0.1, 0.15) is 25.0 Å². The number of nitrogens with zero attached hydrogens (tertiary/aromatic N) is 1. The molecule has 0 bridgehead atoms. The summed E-state index contributed by atoms with van der Waals surface area (Å²) in [7, 11) is 1.56. The number of ether oxygens (including phenoxy) is 4. The first-order valence-corrected chi connectivity index (χ1v) is 12.6. The average molecular weight is 549 g/mol. The van der Waals surface area contributed by atoms with E-state index in [9.17, 15) is 14.4 Å². The molecule has 11 nitrogen and oxygen atoms in total. The molecule has 0 unspecified atom stereocenters. The Morgan fingerprint density at radius 1 is 0.800 bits per heavy atom. The van der Waals surface area contributed by atoms with Crippen molar-refractivity contribution < 1.29 is 33.3 Å². The molecule has 0 radical (unpaired) electrons. The highest BCUT2D eigenvalue weighted by atomic mass is 16.5. The molecule has 3 amide bonds. The Morgan fingerprint density at radius 3 is 2.17 bits per heavy atom. The molecule has 0 spiro atoms. The molecule has 11 heteroatoms. The van der Waals surface area contributed by atoms with Gasteiger partial charge < -0.3 is 29.6 Å². The minimum absolute atomic E-state index is 0.178. The van der Waals surface area contributed by atoms with Crippen molar-refractivity contribution in [3.8, 4) is 23.0 Å². The molecule has 0 heterocycles. The number of rotatable bonds is 13. The van der Waals surface area contributed by atoms with Gasteiger partial charge in [-0.3, -0.25) is 14.4 Å². The average Bonchev–Trinajstić information content (AvgIpc) is 2.97. The molecular weight excluding hydrogens is 516 g/mol. The lowest BCUT2D eigenvalue weighted by molar-refractivity contribution is -0.139. The van der Waals surface area contributed by atoms with Crippen molar-refractivity contribution in [2.45, 2.75) is 20.4 Å². The lowest BCUT2D eigenvalue weighted by atomic mass is 10.2. The van der Waals surface area contributed by atoms with Gasteiger partial charge in [-0.2, -0.15) is 5.10 Å². The molecule has 0 saturated carbocycles. The van der Waals surface area contributed by atoms with Gasteiger partial charge in [0.15, 0.2) is 18.1 Å². The minimum atomic E-state index is -0.909. The SMILES string of the molecule is CCOc1ccc(NC(=O)COc2ccc(/C=N\NC(=O)C(=O)NCc3ccc(OC)cc3)cc2OCC)cc1. The lowest BCUT2D eigenvalue weighted by Crippen LogP contribution is -2.37. The molecule has 3 N–H and O–H groups in total. The molecule has 0 fully saturated rings. The zero-order valence-corrected chi connectivity index (χ0v) is 22.6. The highest BCUT2D eigenvalue weighted by molar-refractivity contribution is 6.35. The fourth-order valence-corrected chi connectivity index (χ4v) is 3.36. The zero-order chi connectivity index (χ0) is 28.7. The fraction of sp³-hybridized carbons (Fsp3) is 0.241. The van der Waals surface area contributed by atoms with Crippen molar-refractivity contribution in [3.63, 3.8) is 0 Å². The van der Waals surface area contributed by atoms with Crippen LogP contribution in [0.15, 0.2) is 71.8 Å². The molecule has 0 aromatic heterocycles. The number of methoxy groups -OCH3 is 1. The molecule has 3 rings (SSSR count). The second kappa shape index (κ2) is 15.4. The molecule has 0 aliphatic heterocycles. The van der Waals surface area contributed by atoms with Gasteiger partial charge in [0.05, 0.1) is 26.5 Å². The summed E-state index contributed by atoms with van der Waals surface area (Å²) in [5, 5.41) is 9.12. The number of hydrazone groups is 1. The molecule has 3 aromatic carbocycles. The number of hydrogen-bond donors (Lipinski definition) is 3. The second-order valence-corrected chi connectivity index (χ2v) is 8.16. The van der Waals surface area contributed by atoms with Crippen LogP contribution >= 0.6 is 0 Å². The molecule has 40 heavy (non-hydrogen) atoms. The van der Waals surface area contributed by atoms with E-state index < -0.39 is 11.8 Å². The van der Waals surface area contributed by atoms with E-state index in [0.29, 0.717) is 47.5 Å². The highest BCUT2D eigenvalue weighted by Gasteiger charge is 2.13. The topological polar surface area (TPSA) is 137 Å². The van der Waals surface area contributed by atoms with E-state index in [1.165, 1.54) is 6.21 Å². The largest absolute Gasteiger partial charge is 0.497 e. The summed E-state index contributed by atoms with van der Waals surface area (Å²) in [6.45, 7) is 4.58.